The highest BCUT2D eigenvalue weighted by molar-refractivity contribution is 6.30. The van der Waals surface area contributed by atoms with Gasteiger partial charge in [0, 0.05) is 24.2 Å². The van der Waals surface area contributed by atoms with Crippen LogP contribution in [0.15, 0.2) is 18.2 Å². The van der Waals surface area contributed by atoms with Crippen LogP contribution >= 0.6 is 11.6 Å². The lowest BCUT2D eigenvalue weighted by atomic mass is 10.0. The van der Waals surface area contributed by atoms with Gasteiger partial charge in [-0.15, -0.1) is 0 Å². The largest absolute Gasteiger partial charge is 0.483 e. The van der Waals surface area contributed by atoms with Crippen molar-refractivity contribution in [2.24, 2.45) is 5.73 Å². The number of nitrogens with two attached hydrogens (primary N) is 1. The molecule has 0 spiro atoms. The number of benzene rings is 1. The summed E-state index contributed by atoms with van der Waals surface area (Å²) < 4.78 is 5.67. The zero-order valence-electron chi connectivity index (χ0n) is 13.2. The van der Waals surface area contributed by atoms with Gasteiger partial charge in [0.05, 0.1) is 0 Å². The zero-order valence-corrected chi connectivity index (χ0v) is 14.0. The highest BCUT2D eigenvalue weighted by Crippen LogP contribution is 2.24. The molecule has 118 valence electrons. The zero-order chi connectivity index (χ0) is 16.0. The Hall–Kier alpha value is -1.26. The lowest BCUT2D eigenvalue weighted by molar-refractivity contribution is -0.133. The van der Waals surface area contributed by atoms with E-state index in [2.05, 4.69) is 0 Å². The Labute approximate surface area is 132 Å². The highest BCUT2D eigenvalue weighted by atomic mass is 35.5. The van der Waals surface area contributed by atoms with E-state index in [0.717, 1.165) is 12.0 Å². The molecule has 0 saturated heterocycles. The molecule has 0 aliphatic carbocycles. The number of amides is 1. The molecule has 1 aromatic carbocycles. The number of hydrogen-bond acceptors (Lipinski definition) is 3. The van der Waals surface area contributed by atoms with Crippen molar-refractivity contribution >= 4 is 17.5 Å². The van der Waals surface area contributed by atoms with Gasteiger partial charge in [-0.25, -0.2) is 0 Å². The third kappa shape index (κ3) is 5.56. The minimum atomic E-state index is -0.0503. The van der Waals surface area contributed by atoms with Gasteiger partial charge in [-0.3, -0.25) is 4.79 Å². The molecule has 1 rings (SSSR count). The van der Waals surface area contributed by atoms with E-state index in [1.54, 1.807) is 24.1 Å². The maximum Gasteiger partial charge on any atom is 0.260 e. The predicted octanol–water partition coefficient (Wildman–Crippen LogP) is 2.87. The summed E-state index contributed by atoms with van der Waals surface area (Å²) in [6.07, 6.45) is 1.56. The van der Waals surface area contributed by atoms with Gasteiger partial charge in [0.2, 0.25) is 0 Å². The molecular formula is C16H25ClN2O2. The molecule has 0 heterocycles. The number of carbonyl (C=O) groups excluding carboxylic acids is 1. The summed E-state index contributed by atoms with van der Waals surface area (Å²) in [5.74, 6) is 0.625. The van der Waals surface area contributed by atoms with Crippen LogP contribution in [0.25, 0.3) is 0 Å². The average molecular weight is 313 g/mol. The molecular weight excluding hydrogens is 288 g/mol. The summed E-state index contributed by atoms with van der Waals surface area (Å²) in [5, 5.41) is 0.645. The fourth-order valence-corrected chi connectivity index (χ4v) is 2.00. The first-order chi connectivity index (χ1) is 9.85. The summed E-state index contributed by atoms with van der Waals surface area (Å²) in [7, 11) is 1.77. The second-order valence-electron chi connectivity index (χ2n) is 5.51. The summed E-state index contributed by atoms with van der Waals surface area (Å²) in [4.78, 5) is 13.6. The standard InChI is InChI=1S/C16H25ClN2O2/c1-5-14(18)9-12-8-13(17)6-7-15(12)21-10-16(20)19(4)11(2)3/h6-8,11,14H,5,9-10,18H2,1-4H3. The molecule has 1 unspecified atom stereocenters. The van der Waals surface area contributed by atoms with E-state index < -0.39 is 0 Å². The van der Waals surface area contributed by atoms with Gasteiger partial charge in [0.15, 0.2) is 6.61 Å². The molecule has 0 saturated carbocycles. The van der Waals surface area contributed by atoms with Crippen LogP contribution in [0.4, 0.5) is 0 Å². The predicted molar refractivity (Wildman–Crippen MR) is 86.8 cm³/mol. The monoisotopic (exact) mass is 312 g/mol. The van der Waals surface area contributed by atoms with Gasteiger partial charge in [-0.05, 0) is 50.5 Å². The lowest BCUT2D eigenvalue weighted by Crippen LogP contribution is -2.36. The van der Waals surface area contributed by atoms with E-state index in [0.29, 0.717) is 17.2 Å². The van der Waals surface area contributed by atoms with Crippen LogP contribution in [0.2, 0.25) is 5.02 Å². The molecule has 1 aromatic rings. The van der Waals surface area contributed by atoms with E-state index in [1.807, 2.05) is 26.8 Å². The van der Waals surface area contributed by atoms with E-state index in [4.69, 9.17) is 22.1 Å². The number of likely N-dealkylation sites (N-methyl/N-ethyl adjacent to an activating group) is 1. The average Bonchev–Trinajstić information content (AvgIpc) is 2.44. The fourth-order valence-electron chi connectivity index (χ4n) is 1.80. The van der Waals surface area contributed by atoms with Crippen LogP contribution in [0, 0.1) is 0 Å². The molecule has 0 aliphatic heterocycles. The van der Waals surface area contributed by atoms with Crippen molar-refractivity contribution in [2.75, 3.05) is 13.7 Å². The molecule has 5 heteroatoms. The molecule has 0 fully saturated rings. The molecule has 4 nitrogen and oxygen atoms in total. The van der Waals surface area contributed by atoms with E-state index in [9.17, 15) is 4.79 Å². The normalized spacial score (nSPS) is 12.3. The van der Waals surface area contributed by atoms with Gasteiger partial charge in [0.25, 0.3) is 5.91 Å². The topological polar surface area (TPSA) is 55.6 Å². The molecule has 1 atom stereocenters. The number of ether oxygens (including phenoxy) is 1. The van der Waals surface area contributed by atoms with Gasteiger partial charge in [-0.1, -0.05) is 18.5 Å². The number of halogens is 1. The molecule has 0 aliphatic rings. The van der Waals surface area contributed by atoms with Crippen LogP contribution in [0.5, 0.6) is 5.75 Å². The minimum absolute atomic E-state index is 0.0185. The number of carbonyl (C=O) groups is 1. The summed E-state index contributed by atoms with van der Waals surface area (Å²) in [5.41, 5.74) is 6.94. The van der Waals surface area contributed by atoms with Crippen LogP contribution in [-0.2, 0) is 11.2 Å². The third-order valence-corrected chi connectivity index (χ3v) is 3.78. The fraction of sp³-hybridized carbons (Fsp3) is 0.562. The summed E-state index contributed by atoms with van der Waals surface area (Å²) in [6, 6.07) is 5.61. The Morgan fingerprint density at radius 2 is 2.10 bits per heavy atom. The van der Waals surface area contributed by atoms with Gasteiger partial charge in [0.1, 0.15) is 5.75 Å². The number of rotatable bonds is 7. The molecule has 0 aromatic heterocycles. The molecule has 0 radical (unpaired) electrons. The van der Waals surface area contributed by atoms with Crippen LogP contribution in [-0.4, -0.2) is 36.5 Å². The van der Waals surface area contributed by atoms with Crippen molar-refractivity contribution in [3.63, 3.8) is 0 Å². The third-order valence-electron chi connectivity index (χ3n) is 3.55. The maximum absolute atomic E-state index is 12.0. The highest BCUT2D eigenvalue weighted by Gasteiger charge is 2.14. The van der Waals surface area contributed by atoms with Crippen molar-refractivity contribution in [2.45, 2.75) is 45.7 Å². The van der Waals surface area contributed by atoms with E-state index in [-0.39, 0.29) is 24.6 Å². The second-order valence-corrected chi connectivity index (χ2v) is 5.95. The number of hydrogen-bond donors (Lipinski definition) is 1. The minimum Gasteiger partial charge on any atom is -0.483 e. The van der Waals surface area contributed by atoms with Crippen LogP contribution in [0.3, 0.4) is 0 Å². The maximum atomic E-state index is 12.0. The van der Waals surface area contributed by atoms with Crippen molar-refractivity contribution < 1.29 is 9.53 Å². The Morgan fingerprint density at radius 1 is 1.43 bits per heavy atom. The van der Waals surface area contributed by atoms with Crippen molar-refractivity contribution in [3.8, 4) is 5.75 Å². The van der Waals surface area contributed by atoms with E-state index >= 15 is 0 Å². The van der Waals surface area contributed by atoms with Crippen molar-refractivity contribution in [3.05, 3.63) is 28.8 Å². The first kappa shape index (κ1) is 17.8. The molecule has 1 amide bonds. The summed E-state index contributed by atoms with van der Waals surface area (Å²) >= 11 is 6.03. The van der Waals surface area contributed by atoms with E-state index in [1.165, 1.54) is 0 Å². The van der Waals surface area contributed by atoms with Crippen molar-refractivity contribution in [1.29, 1.82) is 0 Å². The number of nitrogens with zero attached hydrogens (tertiary/aromatic N) is 1. The van der Waals surface area contributed by atoms with Gasteiger partial charge < -0.3 is 15.4 Å². The Balaban J connectivity index is 2.76. The smallest absolute Gasteiger partial charge is 0.260 e. The Morgan fingerprint density at radius 3 is 2.67 bits per heavy atom. The quantitative estimate of drug-likeness (QED) is 0.842. The second kappa shape index (κ2) is 8.25. The first-order valence-corrected chi connectivity index (χ1v) is 7.65. The Bertz CT molecular complexity index is 477. The lowest BCUT2D eigenvalue weighted by Gasteiger charge is -2.22. The molecule has 2 N–H and O–H groups in total. The van der Waals surface area contributed by atoms with Gasteiger partial charge >= 0.3 is 0 Å². The van der Waals surface area contributed by atoms with Crippen LogP contribution in [0.1, 0.15) is 32.8 Å². The first-order valence-electron chi connectivity index (χ1n) is 7.27. The molecule has 21 heavy (non-hydrogen) atoms. The molecule has 0 bridgehead atoms. The Kier molecular flexibility index (Phi) is 6.99. The SMILES string of the molecule is CCC(N)Cc1cc(Cl)ccc1OCC(=O)N(C)C(C)C. The van der Waals surface area contributed by atoms with Crippen LogP contribution < -0.4 is 10.5 Å². The van der Waals surface area contributed by atoms with Gasteiger partial charge in [-0.2, -0.15) is 0 Å². The summed E-state index contributed by atoms with van der Waals surface area (Å²) in [6.45, 7) is 5.99. The van der Waals surface area contributed by atoms with Crippen molar-refractivity contribution in [1.82, 2.24) is 4.90 Å².